The van der Waals surface area contributed by atoms with Gasteiger partial charge in [0.05, 0.1) is 32.5 Å². The van der Waals surface area contributed by atoms with Gasteiger partial charge >= 0.3 is 0 Å². The summed E-state index contributed by atoms with van der Waals surface area (Å²) in [5, 5.41) is 16.6. The van der Waals surface area contributed by atoms with E-state index in [1.54, 1.807) is 0 Å². The minimum Gasteiger partial charge on any atom is -0.350 e. The average molecular weight is 955 g/mol. The highest BCUT2D eigenvalue weighted by molar-refractivity contribution is 6.13. The third-order valence-corrected chi connectivity index (χ3v) is 16.8. The summed E-state index contributed by atoms with van der Waals surface area (Å²) in [5.41, 5.74) is -1.70. The van der Waals surface area contributed by atoms with Crippen molar-refractivity contribution in [2.24, 2.45) is 32.5 Å². The Hall–Kier alpha value is -5.85. The van der Waals surface area contributed by atoms with Gasteiger partial charge in [-0.05, 0) is 119 Å². The molecule has 13 heteroatoms. The summed E-state index contributed by atoms with van der Waals surface area (Å²) in [7, 11) is 0. The quantitative estimate of drug-likeness (QED) is 0.0546. The number of fused-ring (bicyclic) bond motifs is 7. The third-order valence-electron chi connectivity index (χ3n) is 16.8. The van der Waals surface area contributed by atoms with Gasteiger partial charge in [-0.2, -0.15) is 0 Å². The number of carbonyl (C=O) groups excluding carboxylic acids is 7. The molecule has 5 N–H and O–H groups in total. The van der Waals surface area contributed by atoms with E-state index in [0.717, 1.165) is 53.1 Å². The van der Waals surface area contributed by atoms with Gasteiger partial charge < -0.3 is 20.5 Å². The Kier molecular flexibility index (Phi) is 14.3. The first-order chi connectivity index (χ1) is 33.5. The largest absolute Gasteiger partial charge is 0.350 e. The highest BCUT2D eigenvalue weighted by Crippen LogP contribution is 2.63. The summed E-state index contributed by atoms with van der Waals surface area (Å²) in [4.78, 5) is 99.3. The van der Waals surface area contributed by atoms with Crippen molar-refractivity contribution in [3.8, 4) is 0 Å². The summed E-state index contributed by atoms with van der Waals surface area (Å²) in [6.07, 6.45) is 10.1. The van der Waals surface area contributed by atoms with Crippen molar-refractivity contribution in [2.45, 2.75) is 170 Å². The van der Waals surface area contributed by atoms with Crippen LogP contribution in [0.4, 0.5) is 11.4 Å². The number of hydrogen-bond donors (Lipinski definition) is 5. The predicted octanol–water partition coefficient (Wildman–Crippen LogP) is 10.4. The van der Waals surface area contributed by atoms with Crippen LogP contribution in [0.15, 0.2) is 66.7 Å². The van der Waals surface area contributed by atoms with Crippen LogP contribution in [0, 0.1) is 32.5 Å². The van der Waals surface area contributed by atoms with E-state index < -0.39 is 32.5 Å². The van der Waals surface area contributed by atoms with E-state index in [2.05, 4.69) is 26.6 Å². The molecule has 2 saturated carbocycles. The third kappa shape index (κ3) is 8.95. The SMILES string of the molecule is CCCC1(C(=O)Nc2ccc3c(c2)c2cc(NC(=O)C4(CCC)C[C@@]5(CCC)C[C@@](CCC)(C4)C(=O)NC5=O)ccc2n3CC(=O)NCc2ccccc2)C[C@@]2(CCC)C[C@@](CCC)(C1)C(=O)NC2=O. The molecule has 3 aromatic carbocycles. The van der Waals surface area contributed by atoms with E-state index >= 15 is 9.59 Å². The summed E-state index contributed by atoms with van der Waals surface area (Å²) in [5.74, 6) is -1.67. The standard InChI is InChI=1S/C57H74N6O7/c1-7-22-52(32-54(24-9-3)36-55(33-52,25-10-4)49(68)61-48(54)67)46(65)59-39-18-20-43-41(28-39)42-29-40(19-21-44(42)63(43)31-45(64)58-30-38-16-14-13-15-17-38)60-47(66)53(23-8-2)34-56(26-11-5)37-57(35-53,27-12-6)51(70)62-50(56)69/h13-21,28-29H,7-12,22-27,30-37H2,1-6H3,(H,58,64)(H,59,65)(H,60,66)(H,61,67,68)(H,62,69,70)/t52?,53?,54-,55+,56-,57+. The molecule has 0 radical (unpaired) electrons. The minimum atomic E-state index is -0.967. The number of aromatic nitrogens is 1. The minimum absolute atomic E-state index is 0.00764. The monoisotopic (exact) mass is 955 g/mol. The van der Waals surface area contributed by atoms with Crippen molar-refractivity contribution in [1.29, 1.82) is 0 Å². The molecule has 0 spiro atoms. The number of carbonyl (C=O) groups is 7. The number of piperidine rings is 2. The van der Waals surface area contributed by atoms with Gasteiger partial charge in [0.1, 0.15) is 6.54 Å². The maximum absolute atomic E-state index is 15.1. The zero-order valence-electron chi connectivity index (χ0n) is 42.3. The lowest BCUT2D eigenvalue weighted by Crippen LogP contribution is -2.65. The first-order valence-corrected chi connectivity index (χ1v) is 26.2. The molecule has 13 nitrogen and oxygen atoms in total. The lowest BCUT2D eigenvalue weighted by molar-refractivity contribution is -0.171. The number of nitrogens with zero attached hydrogens (tertiary/aromatic N) is 1. The fourth-order valence-corrected chi connectivity index (χ4v) is 14.5. The number of anilines is 2. The zero-order chi connectivity index (χ0) is 50.1. The van der Waals surface area contributed by atoms with Crippen molar-refractivity contribution >= 4 is 74.5 Å². The van der Waals surface area contributed by atoms with Crippen LogP contribution >= 0.6 is 0 Å². The van der Waals surface area contributed by atoms with Crippen LogP contribution in [0.25, 0.3) is 21.8 Å². The van der Waals surface area contributed by atoms with Crippen molar-refractivity contribution in [2.75, 3.05) is 10.6 Å². The molecule has 4 fully saturated rings. The van der Waals surface area contributed by atoms with Crippen LogP contribution in [0.1, 0.15) is 163 Å². The Morgan fingerprint density at radius 3 is 1.23 bits per heavy atom. The number of imide groups is 2. The Labute approximate surface area is 412 Å². The molecule has 2 aliphatic heterocycles. The van der Waals surface area contributed by atoms with Crippen molar-refractivity contribution in [3.05, 3.63) is 72.3 Å². The molecule has 4 bridgehead atoms. The molecule has 2 aliphatic carbocycles. The zero-order valence-corrected chi connectivity index (χ0v) is 42.3. The lowest BCUT2D eigenvalue weighted by Gasteiger charge is -2.57. The lowest BCUT2D eigenvalue weighted by atomic mass is 9.47. The van der Waals surface area contributed by atoms with Gasteiger partial charge in [-0.15, -0.1) is 0 Å². The Balaban J connectivity index is 1.18. The van der Waals surface area contributed by atoms with Crippen LogP contribution in [0.3, 0.4) is 0 Å². The number of amides is 7. The number of nitrogens with one attached hydrogen (secondary N) is 5. The summed E-state index contributed by atoms with van der Waals surface area (Å²) in [6.45, 7) is 12.6. The Bertz CT molecular complexity index is 2490. The molecule has 7 amide bonds. The summed E-state index contributed by atoms with van der Waals surface area (Å²) < 4.78 is 1.95. The molecule has 374 valence electrons. The van der Waals surface area contributed by atoms with E-state index in [-0.39, 0.29) is 47.9 Å². The first kappa shape index (κ1) is 50.5. The smallest absolute Gasteiger partial charge is 0.240 e. The highest BCUT2D eigenvalue weighted by atomic mass is 16.2. The summed E-state index contributed by atoms with van der Waals surface area (Å²) >= 11 is 0. The molecule has 8 rings (SSSR count). The second-order valence-corrected chi connectivity index (χ2v) is 22.0. The molecule has 70 heavy (non-hydrogen) atoms. The predicted molar refractivity (Wildman–Crippen MR) is 273 cm³/mol. The number of benzene rings is 3. The highest BCUT2D eigenvalue weighted by Gasteiger charge is 2.66. The normalized spacial score (nSPS) is 28.3. The average Bonchev–Trinajstić information content (AvgIpc) is 3.61. The van der Waals surface area contributed by atoms with Crippen molar-refractivity contribution in [3.63, 3.8) is 0 Å². The van der Waals surface area contributed by atoms with Crippen LogP contribution in [-0.2, 0) is 46.7 Å². The van der Waals surface area contributed by atoms with E-state index in [4.69, 9.17) is 0 Å². The van der Waals surface area contributed by atoms with Crippen LogP contribution in [0.5, 0.6) is 0 Å². The molecule has 3 heterocycles. The first-order valence-electron chi connectivity index (χ1n) is 26.2. The van der Waals surface area contributed by atoms with Crippen molar-refractivity contribution < 1.29 is 33.6 Å². The molecule has 4 aliphatic rings. The Morgan fingerprint density at radius 1 is 0.500 bits per heavy atom. The molecule has 2 saturated heterocycles. The Morgan fingerprint density at radius 2 is 0.871 bits per heavy atom. The van der Waals surface area contributed by atoms with E-state index in [0.29, 0.717) is 108 Å². The fourth-order valence-electron chi connectivity index (χ4n) is 14.5. The molecule has 1 aromatic heterocycles. The molecular weight excluding hydrogens is 881 g/mol. The van der Waals surface area contributed by atoms with Gasteiger partial charge in [-0.1, -0.05) is 110 Å². The van der Waals surface area contributed by atoms with Gasteiger partial charge in [-0.3, -0.25) is 44.2 Å². The summed E-state index contributed by atoms with van der Waals surface area (Å²) in [6, 6.07) is 21.0. The maximum Gasteiger partial charge on any atom is 0.240 e. The van der Waals surface area contributed by atoms with Gasteiger partial charge in [0.15, 0.2) is 0 Å². The van der Waals surface area contributed by atoms with Crippen molar-refractivity contribution in [1.82, 2.24) is 20.5 Å². The molecule has 2 unspecified atom stereocenters. The van der Waals surface area contributed by atoms with E-state index in [1.165, 1.54) is 0 Å². The van der Waals surface area contributed by atoms with E-state index in [9.17, 15) is 24.0 Å². The van der Waals surface area contributed by atoms with Gasteiger partial charge in [-0.25, -0.2) is 0 Å². The van der Waals surface area contributed by atoms with Crippen LogP contribution < -0.4 is 26.6 Å². The van der Waals surface area contributed by atoms with Crippen LogP contribution in [0.2, 0.25) is 0 Å². The fraction of sp³-hybridized carbons (Fsp3) is 0.561. The van der Waals surface area contributed by atoms with Gasteiger partial charge in [0, 0.05) is 39.7 Å². The number of rotatable bonds is 20. The topological polar surface area (TPSA) is 185 Å². The number of hydrogen-bond acceptors (Lipinski definition) is 7. The van der Waals surface area contributed by atoms with Gasteiger partial charge in [0.2, 0.25) is 41.4 Å². The van der Waals surface area contributed by atoms with E-state index in [1.807, 2.05) is 113 Å². The molecule has 6 atom stereocenters. The molecular formula is C57H74N6O7. The maximum atomic E-state index is 15.1. The van der Waals surface area contributed by atoms with Gasteiger partial charge in [0.25, 0.3) is 0 Å². The van der Waals surface area contributed by atoms with Crippen LogP contribution in [-0.4, -0.2) is 45.9 Å². The molecule has 4 aromatic rings. The second kappa shape index (κ2) is 19.7. The second-order valence-electron chi connectivity index (χ2n) is 22.0.